The largest absolute Gasteiger partial charge is 0.481 e. The molecule has 0 bridgehead atoms. The van der Waals surface area contributed by atoms with E-state index >= 15 is 0 Å². The fourth-order valence-electron chi connectivity index (χ4n) is 2.77. The van der Waals surface area contributed by atoms with Gasteiger partial charge in [0.15, 0.2) is 0 Å². The Morgan fingerprint density at radius 1 is 1.28 bits per heavy atom. The summed E-state index contributed by atoms with van der Waals surface area (Å²) >= 11 is 0. The highest BCUT2D eigenvalue weighted by Crippen LogP contribution is 2.63. The zero-order valence-electron chi connectivity index (χ0n) is 10.3. The van der Waals surface area contributed by atoms with Gasteiger partial charge in [0.2, 0.25) is 0 Å². The number of hydrogen-bond acceptors (Lipinski definition) is 3. The van der Waals surface area contributed by atoms with Crippen molar-refractivity contribution in [1.82, 2.24) is 9.97 Å². The van der Waals surface area contributed by atoms with E-state index in [1.54, 1.807) is 6.20 Å². The van der Waals surface area contributed by atoms with Gasteiger partial charge in [0.1, 0.15) is 0 Å². The molecule has 1 aromatic carbocycles. The first kappa shape index (κ1) is 11.1. The second-order valence-corrected chi connectivity index (χ2v) is 5.40. The summed E-state index contributed by atoms with van der Waals surface area (Å²) in [4.78, 5) is 20.1. The second kappa shape index (κ2) is 3.51. The fraction of sp³-hybridized carbons (Fsp3) is 0.357. The number of carboxylic acid groups (broad SMARTS) is 1. The Kier molecular flexibility index (Phi) is 2.17. The topological polar surface area (TPSA) is 63.1 Å². The summed E-state index contributed by atoms with van der Waals surface area (Å²) in [5, 5.41) is 9.19. The quantitative estimate of drug-likeness (QED) is 0.878. The van der Waals surface area contributed by atoms with Crippen molar-refractivity contribution in [2.75, 3.05) is 0 Å². The van der Waals surface area contributed by atoms with E-state index in [2.05, 4.69) is 9.97 Å². The van der Waals surface area contributed by atoms with Crippen molar-refractivity contribution in [1.29, 1.82) is 0 Å². The highest BCUT2D eigenvalue weighted by atomic mass is 16.4. The number of rotatable bonds is 2. The maximum absolute atomic E-state index is 11.2. The molecule has 0 saturated heterocycles. The molecule has 0 amide bonds. The number of carboxylic acids is 1. The van der Waals surface area contributed by atoms with Crippen molar-refractivity contribution in [3.63, 3.8) is 0 Å². The van der Waals surface area contributed by atoms with E-state index in [0.717, 1.165) is 16.7 Å². The fourth-order valence-corrected chi connectivity index (χ4v) is 2.77. The van der Waals surface area contributed by atoms with Gasteiger partial charge in [-0.15, -0.1) is 0 Å². The SMILES string of the molecule is CC1(C)[C@H](C(=O)O)[C@H]1c1cnc2ccccc2n1. The molecule has 1 aromatic heterocycles. The monoisotopic (exact) mass is 242 g/mol. The van der Waals surface area contributed by atoms with Gasteiger partial charge in [0, 0.05) is 12.1 Å². The van der Waals surface area contributed by atoms with E-state index in [1.165, 1.54) is 0 Å². The van der Waals surface area contributed by atoms with Crippen LogP contribution < -0.4 is 0 Å². The van der Waals surface area contributed by atoms with Gasteiger partial charge in [-0.3, -0.25) is 9.78 Å². The van der Waals surface area contributed by atoms with Crippen molar-refractivity contribution in [2.45, 2.75) is 19.8 Å². The normalized spacial score (nSPS) is 25.0. The summed E-state index contributed by atoms with van der Waals surface area (Å²) in [6.07, 6.45) is 1.71. The Labute approximate surface area is 105 Å². The molecular formula is C14H14N2O2. The third-order valence-corrected chi connectivity index (χ3v) is 3.88. The summed E-state index contributed by atoms with van der Waals surface area (Å²) in [7, 11) is 0. The number of nitrogens with zero attached hydrogens (tertiary/aromatic N) is 2. The second-order valence-electron chi connectivity index (χ2n) is 5.40. The van der Waals surface area contributed by atoms with Crippen LogP contribution in [0.3, 0.4) is 0 Å². The molecule has 4 heteroatoms. The van der Waals surface area contributed by atoms with E-state index in [9.17, 15) is 9.90 Å². The van der Waals surface area contributed by atoms with Gasteiger partial charge >= 0.3 is 5.97 Å². The van der Waals surface area contributed by atoms with Crippen LogP contribution in [0.15, 0.2) is 30.5 Å². The maximum atomic E-state index is 11.2. The number of aromatic nitrogens is 2. The number of aliphatic carboxylic acids is 1. The van der Waals surface area contributed by atoms with E-state index in [0.29, 0.717) is 0 Å². The highest BCUT2D eigenvalue weighted by molar-refractivity contribution is 5.78. The van der Waals surface area contributed by atoms with Crippen molar-refractivity contribution in [3.8, 4) is 0 Å². The maximum Gasteiger partial charge on any atom is 0.307 e. The van der Waals surface area contributed by atoms with Crippen molar-refractivity contribution < 1.29 is 9.90 Å². The lowest BCUT2D eigenvalue weighted by Crippen LogP contribution is -2.03. The molecule has 0 unspecified atom stereocenters. The minimum absolute atomic E-state index is 0.0351. The van der Waals surface area contributed by atoms with Crippen LogP contribution in [0.2, 0.25) is 0 Å². The molecule has 1 N–H and O–H groups in total. The van der Waals surface area contributed by atoms with E-state index in [-0.39, 0.29) is 17.3 Å². The van der Waals surface area contributed by atoms with Crippen LogP contribution in [0.1, 0.15) is 25.5 Å². The summed E-state index contributed by atoms with van der Waals surface area (Å²) in [6.45, 7) is 3.93. The number of benzene rings is 1. The molecule has 0 radical (unpaired) electrons. The van der Waals surface area contributed by atoms with Crippen molar-refractivity contribution >= 4 is 17.0 Å². The third kappa shape index (κ3) is 1.49. The van der Waals surface area contributed by atoms with E-state index < -0.39 is 5.97 Å². The minimum Gasteiger partial charge on any atom is -0.481 e. The van der Waals surface area contributed by atoms with E-state index in [1.807, 2.05) is 38.1 Å². The Balaban J connectivity index is 2.04. The van der Waals surface area contributed by atoms with Gasteiger partial charge in [-0.1, -0.05) is 26.0 Å². The molecule has 4 nitrogen and oxygen atoms in total. The molecule has 3 rings (SSSR count). The summed E-state index contributed by atoms with van der Waals surface area (Å²) < 4.78 is 0. The van der Waals surface area contributed by atoms with E-state index in [4.69, 9.17) is 0 Å². The molecule has 2 aromatic rings. The van der Waals surface area contributed by atoms with Crippen LogP contribution in [-0.2, 0) is 4.79 Å². The smallest absolute Gasteiger partial charge is 0.307 e. The number of para-hydroxylation sites is 2. The van der Waals surface area contributed by atoms with Crippen LogP contribution >= 0.6 is 0 Å². The lowest BCUT2D eigenvalue weighted by molar-refractivity contribution is -0.139. The van der Waals surface area contributed by atoms with Gasteiger partial charge in [-0.05, 0) is 17.5 Å². The summed E-state index contributed by atoms with van der Waals surface area (Å²) in [5.41, 5.74) is 2.21. The first-order valence-corrected chi connectivity index (χ1v) is 5.96. The van der Waals surface area contributed by atoms with Gasteiger partial charge in [-0.2, -0.15) is 0 Å². The molecule has 92 valence electrons. The van der Waals surface area contributed by atoms with Gasteiger partial charge in [0.05, 0.1) is 22.6 Å². The predicted molar refractivity (Wildman–Crippen MR) is 67.2 cm³/mol. The van der Waals surface area contributed by atoms with Crippen LogP contribution in [0, 0.1) is 11.3 Å². The first-order chi connectivity index (χ1) is 8.51. The molecule has 1 saturated carbocycles. The molecular weight excluding hydrogens is 228 g/mol. The number of fused-ring (bicyclic) bond motifs is 1. The molecule has 0 spiro atoms. The average Bonchev–Trinajstić information content (AvgIpc) is 2.92. The van der Waals surface area contributed by atoms with Crippen LogP contribution in [0.25, 0.3) is 11.0 Å². The zero-order chi connectivity index (χ0) is 12.9. The van der Waals surface area contributed by atoms with Crippen molar-refractivity contribution in [3.05, 3.63) is 36.2 Å². The van der Waals surface area contributed by atoms with Gasteiger partial charge < -0.3 is 5.11 Å². The molecule has 18 heavy (non-hydrogen) atoms. The van der Waals surface area contributed by atoms with Crippen molar-refractivity contribution in [2.24, 2.45) is 11.3 Å². The number of carbonyl (C=O) groups is 1. The third-order valence-electron chi connectivity index (χ3n) is 3.88. The molecule has 1 fully saturated rings. The lowest BCUT2D eigenvalue weighted by Gasteiger charge is -2.03. The Morgan fingerprint density at radius 3 is 2.56 bits per heavy atom. The highest BCUT2D eigenvalue weighted by Gasteiger charge is 2.63. The van der Waals surface area contributed by atoms with Crippen LogP contribution in [-0.4, -0.2) is 21.0 Å². The Bertz CT molecular complexity index is 636. The van der Waals surface area contributed by atoms with Crippen LogP contribution in [0.5, 0.6) is 0 Å². The zero-order valence-corrected chi connectivity index (χ0v) is 10.3. The van der Waals surface area contributed by atoms with Gasteiger partial charge in [-0.25, -0.2) is 4.98 Å². The molecule has 0 aliphatic heterocycles. The van der Waals surface area contributed by atoms with Gasteiger partial charge in [0.25, 0.3) is 0 Å². The average molecular weight is 242 g/mol. The molecule has 1 aliphatic rings. The molecule has 1 heterocycles. The predicted octanol–water partition coefficient (Wildman–Crippen LogP) is 2.45. The summed E-state index contributed by atoms with van der Waals surface area (Å²) in [5.74, 6) is -1.14. The number of hydrogen-bond donors (Lipinski definition) is 1. The summed E-state index contributed by atoms with van der Waals surface area (Å²) in [6, 6.07) is 7.63. The molecule has 1 aliphatic carbocycles. The minimum atomic E-state index is -0.750. The standard InChI is InChI=1S/C14H14N2O2/c1-14(2)11(12(14)13(17)18)10-7-15-8-5-3-4-6-9(8)16-10/h3-7,11-12H,1-2H3,(H,17,18)/t11-,12+/m1/s1. The lowest BCUT2D eigenvalue weighted by atomic mass is 10.1. The van der Waals surface area contributed by atoms with Crippen LogP contribution in [0.4, 0.5) is 0 Å². The molecule has 2 atom stereocenters. The Morgan fingerprint density at radius 2 is 1.94 bits per heavy atom. The first-order valence-electron chi connectivity index (χ1n) is 5.96. The Hall–Kier alpha value is -1.97.